The second-order valence-electron chi connectivity index (χ2n) is 7.45. The number of thioether (sulfide) groups is 1. The number of aldehydes is 1. The number of amides is 2. The third kappa shape index (κ3) is 5.14. The highest BCUT2D eigenvalue weighted by atomic mass is 32.2. The van der Waals surface area contributed by atoms with Gasteiger partial charge in [-0.05, 0) is 29.3 Å². The van der Waals surface area contributed by atoms with Gasteiger partial charge in [-0.2, -0.15) is 0 Å². The summed E-state index contributed by atoms with van der Waals surface area (Å²) in [7, 11) is 0. The van der Waals surface area contributed by atoms with Crippen molar-refractivity contribution in [2.24, 2.45) is 0 Å². The Balaban J connectivity index is 1.40. The van der Waals surface area contributed by atoms with Gasteiger partial charge in [0.25, 0.3) is 0 Å². The van der Waals surface area contributed by atoms with Gasteiger partial charge in [-0.1, -0.05) is 30.0 Å². The van der Waals surface area contributed by atoms with E-state index in [1.54, 1.807) is 23.4 Å². The number of cyclic esters (lactones) is 1. The molecule has 1 aromatic heterocycles. The minimum absolute atomic E-state index is 0.126. The number of ether oxygens (including phenoxy) is 1. The van der Waals surface area contributed by atoms with Gasteiger partial charge in [0, 0.05) is 37.6 Å². The Morgan fingerprint density at radius 2 is 2.09 bits per heavy atom. The largest absolute Gasteiger partial charge is 0.442 e. The highest BCUT2D eigenvalue weighted by Crippen LogP contribution is 2.29. The number of aromatic nitrogens is 2. The topological polar surface area (TPSA) is 114 Å². The quantitative estimate of drug-likeness (QED) is 0.352. The van der Waals surface area contributed by atoms with Gasteiger partial charge < -0.3 is 20.2 Å². The van der Waals surface area contributed by atoms with Crippen LogP contribution in [0.15, 0.2) is 54.0 Å². The molecule has 32 heavy (non-hydrogen) atoms. The molecule has 2 aliphatic heterocycles. The number of carbonyl (C=O) groups excluding carboxylic acids is 3. The van der Waals surface area contributed by atoms with Crippen LogP contribution in [0.4, 0.5) is 10.5 Å². The van der Waals surface area contributed by atoms with E-state index in [-0.39, 0.29) is 23.3 Å². The molecule has 2 aromatic rings. The summed E-state index contributed by atoms with van der Waals surface area (Å²) in [5, 5.41) is 6.25. The second-order valence-corrected chi connectivity index (χ2v) is 8.59. The number of carbonyl (C=O) groups is 3. The van der Waals surface area contributed by atoms with Gasteiger partial charge in [0.05, 0.1) is 18.3 Å². The molecule has 2 aliphatic rings. The standard InChI is InChI=1S/C22H23N5O4S/c1-14(29)25-11-18-12-27(22(30)31-18)17-5-3-15(4-6-17)16-9-19(26-10-16)20(13-28)32-21-23-7-2-8-24-21/h2-9,13,18-20,26H,10-12H2,1H3,(H,25,29)/t18-,19-,20?/m0/s1. The van der Waals surface area contributed by atoms with Crippen molar-refractivity contribution in [1.29, 1.82) is 0 Å². The van der Waals surface area contributed by atoms with E-state index in [1.165, 1.54) is 18.7 Å². The lowest BCUT2D eigenvalue weighted by molar-refractivity contribution is -0.119. The van der Waals surface area contributed by atoms with Crippen molar-refractivity contribution in [1.82, 2.24) is 20.6 Å². The zero-order valence-corrected chi connectivity index (χ0v) is 18.2. The van der Waals surface area contributed by atoms with Crippen LogP contribution in [-0.2, 0) is 14.3 Å². The molecule has 2 N–H and O–H groups in total. The van der Waals surface area contributed by atoms with E-state index < -0.39 is 6.09 Å². The molecule has 3 atom stereocenters. The minimum Gasteiger partial charge on any atom is -0.442 e. The molecule has 0 spiro atoms. The first-order chi connectivity index (χ1) is 15.5. The first-order valence-corrected chi connectivity index (χ1v) is 11.1. The first-order valence-electron chi connectivity index (χ1n) is 10.2. The molecule has 1 saturated heterocycles. The maximum atomic E-state index is 12.2. The number of nitrogens with one attached hydrogen (secondary N) is 2. The molecule has 0 aliphatic carbocycles. The number of rotatable bonds is 8. The monoisotopic (exact) mass is 453 g/mol. The molecule has 0 radical (unpaired) electrons. The molecule has 0 bridgehead atoms. The van der Waals surface area contributed by atoms with Crippen LogP contribution < -0.4 is 15.5 Å². The minimum atomic E-state index is -0.427. The number of benzene rings is 1. The van der Waals surface area contributed by atoms with Gasteiger partial charge >= 0.3 is 6.09 Å². The van der Waals surface area contributed by atoms with Crippen molar-refractivity contribution in [3.05, 3.63) is 54.4 Å². The Morgan fingerprint density at radius 3 is 2.78 bits per heavy atom. The van der Waals surface area contributed by atoms with Gasteiger partial charge in [0.15, 0.2) is 5.16 Å². The Hall–Kier alpha value is -3.24. The van der Waals surface area contributed by atoms with Crippen molar-refractivity contribution in [2.45, 2.75) is 29.5 Å². The molecule has 1 fully saturated rings. The van der Waals surface area contributed by atoms with Crippen molar-refractivity contribution < 1.29 is 19.1 Å². The summed E-state index contributed by atoms with van der Waals surface area (Å²) in [5.74, 6) is -0.160. The van der Waals surface area contributed by atoms with Gasteiger partial charge in [0.2, 0.25) is 5.91 Å². The maximum absolute atomic E-state index is 12.2. The molecule has 2 amide bonds. The molecule has 4 rings (SSSR count). The number of hydrogen-bond donors (Lipinski definition) is 2. The molecule has 1 unspecified atom stereocenters. The normalized spacial score (nSPS) is 21.1. The lowest BCUT2D eigenvalue weighted by Gasteiger charge is -2.15. The highest BCUT2D eigenvalue weighted by Gasteiger charge is 2.32. The van der Waals surface area contributed by atoms with E-state index >= 15 is 0 Å². The molecule has 0 saturated carbocycles. The Kier molecular flexibility index (Phi) is 6.81. The zero-order chi connectivity index (χ0) is 22.5. The lowest BCUT2D eigenvalue weighted by atomic mass is 10.1. The third-order valence-electron chi connectivity index (χ3n) is 5.18. The summed E-state index contributed by atoms with van der Waals surface area (Å²) in [6.07, 6.45) is 5.47. The summed E-state index contributed by atoms with van der Waals surface area (Å²) in [6.45, 7) is 2.73. The van der Waals surface area contributed by atoms with Crippen LogP contribution >= 0.6 is 11.8 Å². The fourth-order valence-corrected chi connectivity index (χ4v) is 4.44. The number of hydrogen-bond acceptors (Lipinski definition) is 8. The molecule has 3 heterocycles. The van der Waals surface area contributed by atoms with Gasteiger partial charge in [0.1, 0.15) is 12.4 Å². The summed E-state index contributed by atoms with van der Waals surface area (Å²) in [5.41, 5.74) is 2.82. The predicted octanol–water partition coefficient (Wildman–Crippen LogP) is 1.65. The Bertz CT molecular complexity index is 1010. The molecular weight excluding hydrogens is 430 g/mol. The van der Waals surface area contributed by atoms with Gasteiger partial charge in [-0.25, -0.2) is 14.8 Å². The first kappa shape index (κ1) is 22.0. The van der Waals surface area contributed by atoms with Crippen LogP contribution in [0.1, 0.15) is 12.5 Å². The Labute approximate surface area is 189 Å². The van der Waals surface area contributed by atoms with Crippen LogP contribution in [0.5, 0.6) is 0 Å². The van der Waals surface area contributed by atoms with Gasteiger partial charge in [-0.3, -0.25) is 9.69 Å². The summed E-state index contributed by atoms with van der Waals surface area (Å²) < 4.78 is 5.32. The van der Waals surface area contributed by atoms with E-state index in [0.29, 0.717) is 24.8 Å². The van der Waals surface area contributed by atoms with Crippen LogP contribution in [0.25, 0.3) is 5.57 Å². The van der Waals surface area contributed by atoms with E-state index in [2.05, 4.69) is 26.7 Å². The second kappa shape index (κ2) is 9.92. The van der Waals surface area contributed by atoms with Crippen LogP contribution in [0, 0.1) is 0 Å². The smallest absolute Gasteiger partial charge is 0.414 e. The van der Waals surface area contributed by atoms with E-state index in [9.17, 15) is 14.4 Å². The SMILES string of the molecule is CC(=O)NC[C@H]1CN(c2ccc(C3=C[C@@H](C(C=O)Sc4ncccn4)NC3)cc2)C(=O)O1. The lowest BCUT2D eigenvalue weighted by Crippen LogP contribution is -2.34. The fraction of sp³-hybridized carbons (Fsp3) is 0.318. The van der Waals surface area contributed by atoms with E-state index in [1.807, 2.05) is 24.3 Å². The van der Waals surface area contributed by atoms with Crippen molar-refractivity contribution in [3.8, 4) is 0 Å². The molecule has 166 valence electrons. The summed E-state index contributed by atoms with van der Waals surface area (Å²) in [6, 6.07) is 9.25. The molecule has 10 heteroatoms. The average Bonchev–Trinajstić information content (AvgIpc) is 3.44. The van der Waals surface area contributed by atoms with Crippen molar-refractivity contribution in [2.75, 3.05) is 24.5 Å². The van der Waals surface area contributed by atoms with Crippen LogP contribution in [0.2, 0.25) is 0 Å². The van der Waals surface area contributed by atoms with E-state index in [0.717, 1.165) is 23.1 Å². The zero-order valence-electron chi connectivity index (χ0n) is 17.4. The van der Waals surface area contributed by atoms with Gasteiger partial charge in [-0.15, -0.1) is 0 Å². The van der Waals surface area contributed by atoms with Crippen molar-refractivity contribution in [3.63, 3.8) is 0 Å². The summed E-state index contributed by atoms with van der Waals surface area (Å²) in [4.78, 5) is 44.8. The Morgan fingerprint density at radius 1 is 1.34 bits per heavy atom. The van der Waals surface area contributed by atoms with E-state index in [4.69, 9.17) is 4.74 Å². The predicted molar refractivity (Wildman–Crippen MR) is 120 cm³/mol. The molecule has 1 aromatic carbocycles. The van der Waals surface area contributed by atoms with Crippen LogP contribution in [0.3, 0.4) is 0 Å². The number of nitrogens with zero attached hydrogens (tertiary/aromatic N) is 3. The molecular formula is C22H23N5O4S. The maximum Gasteiger partial charge on any atom is 0.414 e. The third-order valence-corrected chi connectivity index (χ3v) is 6.28. The van der Waals surface area contributed by atoms with Crippen molar-refractivity contribution >= 4 is 41.3 Å². The number of anilines is 1. The average molecular weight is 454 g/mol. The fourth-order valence-electron chi connectivity index (χ4n) is 3.58. The summed E-state index contributed by atoms with van der Waals surface area (Å²) >= 11 is 1.33. The molecule has 9 nitrogen and oxygen atoms in total. The van der Waals surface area contributed by atoms with Crippen LogP contribution in [-0.4, -0.2) is 65.3 Å². The highest BCUT2D eigenvalue weighted by molar-refractivity contribution is 8.00.